The highest BCUT2D eigenvalue weighted by molar-refractivity contribution is 4.90. The summed E-state index contributed by atoms with van der Waals surface area (Å²) in [7, 11) is 0. The van der Waals surface area contributed by atoms with E-state index in [2.05, 4.69) is 13.8 Å². The fourth-order valence-corrected chi connectivity index (χ4v) is 2.54. The Morgan fingerprint density at radius 1 is 0.786 bits per heavy atom. The van der Waals surface area contributed by atoms with Gasteiger partial charge in [0.15, 0.2) is 0 Å². The summed E-state index contributed by atoms with van der Waals surface area (Å²) < 4.78 is 0. The summed E-state index contributed by atoms with van der Waals surface area (Å²) >= 11 is 0. The molecule has 1 radical (unpaired) electrons. The predicted molar refractivity (Wildman–Crippen MR) is 64.3 cm³/mol. The molecule has 1 rings (SSSR count). The van der Waals surface area contributed by atoms with Crippen molar-refractivity contribution in [2.24, 2.45) is 5.92 Å². The summed E-state index contributed by atoms with van der Waals surface area (Å²) in [5.74, 6) is 2.73. The van der Waals surface area contributed by atoms with Crippen LogP contribution in [0.3, 0.4) is 0 Å². The van der Waals surface area contributed by atoms with Crippen LogP contribution >= 0.6 is 0 Å². The zero-order valence-corrected chi connectivity index (χ0v) is 10.1. The molecule has 0 spiro atoms. The van der Waals surface area contributed by atoms with E-state index < -0.39 is 0 Å². The van der Waals surface area contributed by atoms with E-state index >= 15 is 0 Å². The van der Waals surface area contributed by atoms with E-state index in [0.29, 0.717) is 0 Å². The maximum atomic E-state index is 2.35. The molecule has 1 saturated carbocycles. The average Bonchev–Trinajstić information content (AvgIpc) is 2.15. The molecule has 0 aromatic heterocycles. The zero-order chi connectivity index (χ0) is 10.2. The summed E-state index contributed by atoms with van der Waals surface area (Å²) in [6, 6.07) is 0. The van der Waals surface area contributed by atoms with Gasteiger partial charge in [0.1, 0.15) is 0 Å². The number of hydrogen-bond acceptors (Lipinski definition) is 0. The lowest BCUT2D eigenvalue weighted by atomic mass is 9.86. The topological polar surface area (TPSA) is 0 Å². The fraction of sp³-hybridized carbons (Fsp3) is 0.929. The van der Waals surface area contributed by atoms with Crippen molar-refractivity contribution >= 4 is 0 Å². The molecule has 0 bridgehead atoms. The summed E-state index contributed by atoms with van der Waals surface area (Å²) in [5.41, 5.74) is 0. The predicted octanol–water partition coefficient (Wildman–Crippen LogP) is 5.13. The normalized spacial score (nSPS) is 22.5. The SMILES string of the molecule is CC(C)C[C]1CCCCCCCCC1. The third kappa shape index (κ3) is 5.67. The van der Waals surface area contributed by atoms with Crippen LogP contribution in [0.1, 0.15) is 78.1 Å². The number of hydrogen-bond donors (Lipinski definition) is 0. The Morgan fingerprint density at radius 3 is 1.64 bits per heavy atom. The van der Waals surface area contributed by atoms with E-state index in [9.17, 15) is 0 Å². The largest absolute Gasteiger partial charge is 0.0628 e. The van der Waals surface area contributed by atoms with Crippen LogP contribution in [0.15, 0.2) is 0 Å². The van der Waals surface area contributed by atoms with Gasteiger partial charge in [0.25, 0.3) is 0 Å². The Balaban J connectivity index is 2.23. The molecule has 83 valence electrons. The van der Waals surface area contributed by atoms with Crippen LogP contribution in [-0.2, 0) is 0 Å². The summed E-state index contributed by atoms with van der Waals surface area (Å²) in [5, 5.41) is 0. The third-order valence-corrected chi connectivity index (χ3v) is 3.26. The van der Waals surface area contributed by atoms with E-state index in [1.807, 2.05) is 5.92 Å². The Bertz CT molecular complexity index is 116. The smallest absolute Gasteiger partial charge is 0.0238 e. The molecule has 1 fully saturated rings. The van der Waals surface area contributed by atoms with Gasteiger partial charge in [0.2, 0.25) is 0 Å². The molecule has 0 atom stereocenters. The first-order chi connectivity index (χ1) is 6.79. The zero-order valence-electron chi connectivity index (χ0n) is 10.1. The molecule has 0 saturated heterocycles. The van der Waals surface area contributed by atoms with Gasteiger partial charge in [-0.1, -0.05) is 58.8 Å². The second-order valence-corrected chi connectivity index (χ2v) is 5.32. The minimum Gasteiger partial charge on any atom is -0.0628 e. The first kappa shape index (κ1) is 12.1. The number of rotatable bonds is 2. The average molecular weight is 195 g/mol. The van der Waals surface area contributed by atoms with Crippen LogP contribution in [0.4, 0.5) is 0 Å². The maximum absolute atomic E-state index is 2.35. The van der Waals surface area contributed by atoms with Crippen molar-refractivity contribution in [3.05, 3.63) is 5.92 Å². The van der Waals surface area contributed by atoms with Crippen molar-refractivity contribution in [3.8, 4) is 0 Å². The standard InChI is InChI=1S/C14H27/c1-13(2)12-14-10-8-6-4-3-5-7-9-11-14/h13H,3-12H2,1-2H3. The van der Waals surface area contributed by atoms with Crippen molar-refractivity contribution in [3.63, 3.8) is 0 Å². The van der Waals surface area contributed by atoms with E-state index in [0.717, 1.165) is 5.92 Å². The van der Waals surface area contributed by atoms with Crippen molar-refractivity contribution in [2.45, 2.75) is 78.1 Å². The Hall–Kier alpha value is 0. The summed E-state index contributed by atoms with van der Waals surface area (Å²) in [6.07, 6.45) is 14.6. The minimum atomic E-state index is 0.868. The van der Waals surface area contributed by atoms with Gasteiger partial charge in [-0.25, -0.2) is 0 Å². The second-order valence-electron chi connectivity index (χ2n) is 5.32. The molecular formula is C14H27. The van der Waals surface area contributed by atoms with Crippen molar-refractivity contribution in [1.82, 2.24) is 0 Å². The summed E-state index contributed by atoms with van der Waals surface area (Å²) in [6.45, 7) is 4.71. The fourth-order valence-electron chi connectivity index (χ4n) is 2.54. The molecule has 0 nitrogen and oxygen atoms in total. The maximum Gasteiger partial charge on any atom is -0.0238 e. The molecule has 0 aromatic rings. The van der Waals surface area contributed by atoms with E-state index in [-0.39, 0.29) is 0 Å². The monoisotopic (exact) mass is 195 g/mol. The van der Waals surface area contributed by atoms with Crippen LogP contribution in [0.5, 0.6) is 0 Å². The Labute approximate surface area is 90.5 Å². The van der Waals surface area contributed by atoms with Gasteiger partial charge < -0.3 is 0 Å². The van der Waals surface area contributed by atoms with Crippen molar-refractivity contribution in [2.75, 3.05) is 0 Å². The lowest BCUT2D eigenvalue weighted by molar-refractivity contribution is 0.473. The summed E-state index contributed by atoms with van der Waals surface area (Å²) in [4.78, 5) is 0. The third-order valence-electron chi connectivity index (χ3n) is 3.26. The van der Waals surface area contributed by atoms with E-state index in [1.54, 1.807) is 0 Å². The minimum absolute atomic E-state index is 0.868. The Morgan fingerprint density at radius 2 is 1.21 bits per heavy atom. The molecule has 14 heavy (non-hydrogen) atoms. The molecule has 0 aromatic carbocycles. The van der Waals surface area contributed by atoms with Crippen molar-refractivity contribution < 1.29 is 0 Å². The second kappa shape index (κ2) is 7.31. The molecule has 1 aliphatic rings. The van der Waals surface area contributed by atoms with Crippen LogP contribution in [-0.4, -0.2) is 0 Å². The van der Waals surface area contributed by atoms with Crippen LogP contribution < -0.4 is 0 Å². The van der Waals surface area contributed by atoms with Crippen molar-refractivity contribution in [1.29, 1.82) is 0 Å². The quantitative estimate of drug-likeness (QED) is 0.573. The molecule has 0 amide bonds. The van der Waals surface area contributed by atoms with Gasteiger partial charge in [-0.15, -0.1) is 0 Å². The molecule has 1 aliphatic carbocycles. The molecule has 0 unspecified atom stereocenters. The molecule has 0 N–H and O–H groups in total. The Kier molecular flexibility index (Phi) is 6.31. The highest BCUT2D eigenvalue weighted by Crippen LogP contribution is 2.28. The molecule has 0 heteroatoms. The first-order valence-corrected chi connectivity index (χ1v) is 6.62. The lowest BCUT2D eigenvalue weighted by Gasteiger charge is -2.19. The van der Waals surface area contributed by atoms with Crippen LogP contribution in [0.2, 0.25) is 0 Å². The molecular weight excluding hydrogens is 168 g/mol. The van der Waals surface area contributed by atoms with Crippen LogP contribution in [0, 0.1) is 11.8 Å². The highest BCUT2D eigenvalue weighted by atomic mass is 14.2. The van der Waals surface area contributed by atoms with Gasteiger partial charge >= 0.3 is 0 Å². The van der Waals surface area contributed by atoms with Gasteiger partial charge in [-0.05, 0) is 31.1 Å². The van der Waals surface area contributed by atoms with E-state index in [1.165, 1.54) is 64.2 Å². The van der Waals surface area contributed by atoms with Gasteiger partial charge in [0, 0.05) is 0 Å². The van der Waals surface area contributed by atoms with Gasteiger partial charge in [-0.3, -0.25) is 0 Å². The van der Waals surface area contributed by atoms with E-state index in [4.69, 9.17) is 0 Å². The molecule has 0 aliphatic heterocycles. The first-order valence-electron chi connectivity index (χ1n) is 6.62. The van der Waals surface area contributed by atoms with Crippen LogP contribution in [0.25, 0.3) is 0 Å². The molecule has 0 heterocycles. The van der Waals surface area contributed by atoms with Gasteiger partial charge in [-0.2, -0.15) is 0 Å². The highest BCUT2D eigenvalue weighted by Gasteiger charge is 2.11. The lowest BCUT2D eigenvalue weighted by Crippen LogP contribution is -2.03. The van der Waals surface area contributed by atoms with Gasteiger partial charge in [0.05, 0.1) is 0 Å².